The van der Waals surface area contributed by atoms with Crippen molar-refractivity contribution in [2.75, 3.05) is 14.2 Å². The molecule has 168 valence electrons. The molecule has 2 aromatic heterocycles. The fraction of sp³-hybridized carbons (Fsp3) is 0.154. The molecule has 0 fully saturated rings. The van der Waals surface area contributed by atoms with Gasteiger partial charge in [0.25, 0.3) is 0 Å². The van der Waals surface area contributed by atoms with Crippen molar-refractivity contribution in [1.82, 2.24) is 0 Å². The molecule has 4 aromatic rings. The number of fused-ring (bicyclic) bond motifs is 1. The van der Waals surface area contributed by atoms with E-state index in [4.69, 9.17) is 23.0 Å². The van der Waals surface area contributed by atoms with Gasteiger partial charge in [-0.1, -0.05) is 19.1 Å². The Labute approximate surface area is 189 Å². The largest absolute Gasteiger partial charge is 0.493 e. The van der Waals surface area contributed by atoms with E-state index in [1.807, 2.05) is 13.0 Å². The number of methoxy groups -OCH3 is 2. The predicted octanol–water partition coefficient (Wildman–Crippen LogP) is 5.25. The van der Waals surface area contributed by atoms with Gasteiger partial charge in [0, 0.05) is 6.08 Å². The zero-order valence-electron chi connectivity index (χ0n) is 18.4. The van der Waals surface area contributed by atoms with Crippen LogP contribution in [-0.2, 0) is 11.2 Å². The van der Waals surface area contributed by atoms with Crippen molar-refractivity contribution in [3.8, 4) is 28.8 Å². The average Bonchev–Trinajstić information content (AvgIpc) is 3.38. The molecule has 7 heteroatoms. The number of carbonyl (C=O) groups is 1. The number of hydrogen-bond donors (Lipinski definition) is 0. The Bertz CT molecular complexity index is 1380. The van der Waals surface area contributed by atoms with Crippen molar-refractivity contribution >= 4 is 23.0 Å². The second kappa shape index (κ2) is 9.48. The third kappa shape index (κ3) is 4.52. The van der Waals surface area contributed by atoms with Crippen molar-refractivity contribution in [1.29, 1.82) is 0 Å². The van der Waals surface area contributed by atoms with Crippen molar-refractivity contribution in [2.45, 2.75) is 13.3 Å². The Morgan fingerprint density at radius 3 is 2.55 bits per heavy atom. The summed E-state index contributed by atoms with van der Waals surface area (Å²) in [6, 6.07) is 13.8. The van der Waals surface area contributed by atoms with Crippen LogP contribution in [0.2, 0.25) is 0 Å². The van der Waals surface area contributed by atoms with Gasteiger partial charge in [-0.25, -0.2) is 4.79 Å². The molecule has 0 saturated heterocycles. The Kier molecular flexibility index (Phi) is 6.31. The normalized spacial score (nSPS) is 11.1. The van der Waals surface area contributed by atoms with E-state index in [0.717, 1.165) is 12.0 Å². The molecule has 0 radical (unpaired) electrons. The summed E-state index contributed by atoms with van der Waals surface area (Å²) >= 11 is 0. The molecule has 33 heavy (non-hydrogen) atoms. The van der Waals surface area contributed by atoms with Crippen LogP contribution in [0.3, 0.4) is 0 Å². The molecule has 0 unspecified atom stereocenters. The predicted molar refractivity (Wildman–Crippen MR) is 124 cm³/mol. The number of esters is 1. The first kappa shape index (κ1) is 22.0. The first-order valence-corrected chi connectivity index (χ1v) is 10.3. The molecule has 2 heterocycles. The summed E-state index contributed by atoms with van der Waals surface area (Å²) in [7, 11) is 3.07. The number of hydrogen-bond acceptors (Lipinski definition) is 7. The van der Waals surface area contributed by atoms with Crippen LogP contribution in [0.1, 0.15) is 18.1 Å². The smallest absolute Gasteiger partial charge is 0.336 e. The Morgan fingerprint density at radius 1 is 1.03 bits per heavy atom. The van der Waals surface area contributed by atoms with E-state index in [-0.39, 0.29) is 17.3 Å². The van der Waals surface area contributed by atoms with E-state index >= 15 is 0 Å². The highest BCUT2D eigenvalue weighted by atomic mass is 16.5. The average molecular weight is 446 g/mol. The summed E-state index contributed by atoms with van der Waals surface area (Å²) in [5, 5.41) is 0.330. The second-order valence-electron chi connectivity index (χ2n) is 7.12. The standard InChI is InChI=1S/C26H22O7/c1-4-16-7-10-19-18(14-16)24(28)26(25(32-19)21-6-5-13-31-21)33-23(27)12-9-17-8-11-20(29-2)22(15-17)30-3/h5-15H,4H2,1-3H3. The number of carbonyl (C=O) groups excluding carboxylic acids is 1. The monoisotopic (exact) mass is 446 g/mol. The van der Waals surface area contributed by atoms with Gasteiger partial charge >= 0.3 is 5.97 Å². The van der Waals surface area contributed by atoms with Crippen LogP contribution in [0.15, 0.2) is 74.5 Å². The SMILES string of the molecule is CCc1ccc2oc(-c3ccco3)c(OC(=O)C=Cc3ccc(OC)c(OC)c3)c(=O)c2c1. The fourth-order valence-electron chi connectivity index (χ4n) is 3.36. The molecule has 0 atom stereocenters. The Morgan fingerprint density at radius 2 is 1.85 bits per heavy atom. The minimum Gasteiger partial charge on any atom is -0.493 e. The van der Waals surface area contributed by atoms with Crippen molar-refractivity contribution in [3.05, 3.63) is 82.2 Å². The number of ether oxygens (including phenoxy) is 3. The quantitative estimate of drug-likeness (QED) is 0.283. The highest BCUT2D eigenvalue weighted by Crippen LogP contribution is 2.32. The van der Waals surface area contributed by atoms with E-state index in [2.05, 4.69) is 0 Å². The lowest BCUT2D eigenvalue weighted by molar-refractivity contribution is -0.129. The third-order valence-electron chi connectivity index (χ3n) is 5.09. The van der Waals surface area contributed by atoms with Crippen molar-refractivity contribution < 1.29 is 27.8 Å². The fourth-order valence-corrected chi connectivity index (χ4v) is 3.36. The summed E-state index contributed by atoms with van der Waals surface area (Å²) < 4.78 is 27.3. The number of aryl methyl sites for hydroxylation is 1. The lowest BCUT2D eigenvalue weighted by atomic mass is 10.1. The molecule has 0 bridgehead atoms. The van der Waals surface area contributed by atoms with Gasteiger partial charge in [-0.15, -0.1) is 0 Å². The topological polar surface area (TPSA) is 88.1 Å². The minimum absolute atomic E-state index is 0.0506. The zero-order valence-corrected chi connectivity index (χ0v) is 18.4. The summed E-state index contributed by atoms with van der Waals surface area (Å²) in [6.07, 6.45) is 4.97. The van der Waals surface area contributed by atoms with Crippen LogP contribution in [0.5, 0.6) is 17.2 Å². The molecule has 4 rings (SSSR count). The number of furan rings is 1. The summed E-state index contributed by atoms with van der Waals surface area (Å²) in [5.74, 6) is 0.453. The van der Waals surface area contributed by atoms with Crippen LogP contribution in [0.25, 0.3) is 28.6 Å². The maximum absolute atomic E-state index is 13.2. The summed E-state index contributed by atoms with van der Waals surface area (Å²) in [4.78, 5) is 25.9. The molecule has 0 N–H and O–H groups in total. The van der Waals surface area contributed by atoms with Crippen LogP contribution < -0.4 is 19.6 Å². The van der Waals surface area contributed by atoms with Crippen LogP contribution >= 0.6 is 0 Å². The van der Waals surface area contributed by atoms with E-state index in [9.17, 15) is 9.59 Å². The van der Waals surface area contributed by atoms with Crippen LogP contribution in [0.4, 0.5) is 0 Å². The summed E-state index contributed by atoms with van der Waals surface area (Å²) in [6.45, 7) is 1.99. The van der Waals surface area contributed by atoms with Gasteiger partial charge in [-0.05, 0) is 60.0 Å². The molecule has 0 aliphatic carbocycles. The van der Waals surface area contributed by atoms with Gasteiger partial charge in [-0.3, -0.25) is 4.79 Å². The number of benzene rings is 2. The number of rotatable bonds is 7. The lowest BCUT2D eigenvalue weighted by Gasteiger charge is -2.09. The molecule has 0 spiro atoms. The van der Waals surface area contributed by atoms with Gasteiger partial charge in [0.2, 0.25) is 16.9 Å². The Hall–Kier alpha value is -4.26. The van der Waals surface area contributed by atoms with Gasteiger partial charge in [-0.2, -0.15) is 0 Å². The maximum atomic E-state index is 13.2. The van der Waals surface area contributed by atoms with Crippen molar-refractivity contribution in [3.63, 3.8) is 0 Å². The van der Waals surface area contributed by atoms with E-state index < -0.39 is 11.4 Å². The molecular formula is C26H22O7. The Balaban J connectivity index is 1.70. The molecule has 0 aliphatic rings. The van der Waals surface area contributed by atoms with Crippen LogP contribution in [-0.4, -0.2) is 20.2 Å². The maximum Gasteiger partial charge on any atom is 0.336 e. The van der Waals surface area contributed by atoms with Gasteiger partial charge in [0.1, 0.15) is 5.58 Å². The highest BCUT2D eigenvalue weighted by molar-refractivity contribution is 5.91. The van der Waals surface area contributed by atoms with E-state index in [1.54, 1.807) is 55.7 Å². The first-order valence-electron chi connectivity index (χ1n) is 10.3. The molecule has 0 saturated carbocycles. The second-order valence-corrected chi connectivity index (χ2v) is 7.12. The molecule has 0 aliphatic heterocycles. The molecule has 7 nitrogen and oxygen atoms in total. The van der Waals surface area contributed by atoms with Gasteiger partial charge in [0.15, 0.2) is 17.3 Å². The van der Waals surface area contributed by atoms with E-state index in [1.165, 1.54) is 19.4 Å². The molecular weight excluding hydrogens is 424 g/mol. The van der Waals surface area contributed by atoms with E-state index in [0.29, 0.717) is 28.0 Å². The minimum atomic E-state index is -0.740. The first-order chi connectivity index (χ1) is 16.0. The van der Waals surface area contributed by atoms with Crippen LogP contribution in [0, 0.1) is 0 Å². The van der Waals surface area contributed by atoms with Gasteiger partial charge < -0.3 is 23.0 Å². The lowest BCUT2D eigenvalue weighted by Crippen LogP contribution is -2.14. The highest BCUT2D eigenvalue weighted by Gasteiger charge is 2.21. The third-order valence-corrected chi connectivity index (χ3v) is 5.09. The summed E-state index contributed by atoms with van der Waals surface area (Å²) in [5.41, 5.74) is 1.58. The molecule has 2 aromatic carbocycles. The zero-order chi connectivity index (χ0) is 23.4. The van der Waals surface area contributed by atoms with Gasteiger partial charge in [0.05, 0.1) is 25.9 Å². The van der Waals surface area contributed by atoms with Crippen molar-refractivity contribution in [2.24, 2.45) is 0 Å². The molecule has 0 amide bonds.